The van der Waals surface area contributed by atoms with E-state index < -0.39 is 0 Å². The van der Waals surface area contributed by atoms with Crippen LogP contribution in [0.4, 0.5) is 4.79 Å². The van der Waals surface area contributed by atoms with Gasteiger partial charge in [0.05, 0.1) is 6.54 Å². The van der Waals surface area contributed by atoms with Crippen molar-refractivity contribution in [3.05, 3.63) is 11.1 Å². The van der Waals surface area contributed by atoms with E-state index in [4.69, 9.17) is 0 Å². The molecule has 1 fully saturated rings. The molecule has 2 amide bonds. The summed E-state index contributed by atoms with van der Waals surface area (Å²) in [5, 5.41) is 0. The summed E-state index contributed by atoms with van der Waals surface area (Å²) in [4.78, 5) is 14.7. The Morgan fingerprint density at radius 3 is 2.73 bits per heavy atom. The summed E-state index contributed by atoms with van der Waals surface area (Å²) in [5.74, 6) is 0. The lowest BCUT2D eigenvalue weighted by Gasteiger charge is -2.14. The van der Waals surface area contributed by atoms with Gasteiger partial charge in [-0.15, -0.1) is 0 Å². The molecule has 1 aliphatic heterocycles. The first-order valence-corrected chi connectivity index (χ1v) is 4.24. The first-order valence-electron chi connectivity index (χ1n) is 3.44. The lowest BCUT2D eigenvalue weighted by atomic mass is 10.5. The third kappa shape index (κ3) is 1.96. The highest BCUT2D eigenvalue weighted by atomic mass is 79.9. The third-order valence-corrected chi connectivity index (χ3v) is 1.92. The number of carbonyl (C=O) groups excluding carboxylic acids is 1. The van der Waals surface area contributed by atoms with Crippen molar-refractivity contribution in [2.24, 2.45) is 0 Å². The van der Waals surface area contributed by atoms with E-state index in [9.17, 15) is 4.79 Å². The van der Waals surface area contributed by atoms with Crippen molar-refractivity contribution >= 4 is 22.0 Å². The number of likely N-dealkylation sites (N-methyl/N-ethyl adjacent to an activating group) is 1. The van der Waals surface area contributed by atoms with Gasteiger partial charge in [0.25, 0.3) is 0 Å². The minimum atomic E-state index is 0.0885. The molecule has 0 bridgehead atoms. The van der Waals surface area contributed by atoms with Crippen molar-refractivity contribution < 1.29 is 4.79 Å². The van der Waals surface area contributed by atoms with Gasteiger partial charge >= 0.3 is 6.03 Å². The average molecular weight is 219 g/mol. The molecular weight excluding hydrogens is 208 g/mol. The minimum absolute atomic E-state index is 0.0885. The zero-order valence-corrected chi connectivity index (χ0v) is 8.10. The molecule has 0 radical (unpaired) electrons. The van der Waals surface area contributed by atoms with Crippen LogP contribution in [0.2, 0.25) is 0 Å². The molecule has 0 N–H and O–H groups in total. The van der Waals surface area contributed by atoms with Crippen molar-refractivity contribution in [3.63, 3.8) is 0 Å². The Morgan fingerprint density at radius 2 is 2.36 bits per heavy atom. The van der Waals surface area contributed by atoms with Crippen LogP contribution in [-0.4, -0.2) is 42.5 Å². The first-order chi connectivity index (χ1) is 5.11. The van der Waals surface area contributed by atoms with Gasteiger partial charge in [0.1, 0.15) is 0 Å². The molecule has 0 atom stereocenters. The lowest BCUT2D eigenvalue weighted by molar-refractivity contribution is 0.202. The Hall–Kier alpha value is -0.510. The highest BCUT2D eigenvalue weighted by molar-refractivity contribution is 9.11. The number of urea groups is 1. The van der Waals surface area contributed by atoms with E-state index >= 15 is 0 Å². The van der Waals surface area contributed by atoms with E-state index in [0.29, 0.717) is 6.54 Å². The quantitative estimate of drug-likeness (QED) is 0.685. The van der Waals surface area contributed by atoms with E-state index in [-0.39, 0.29) is 6.03 Å². The van der Waals surface area contributed by atoms with Crippen molar-refractivity contribution in [2.75, 3.05) is 26.7 Å². The molecule has 0 unspecified atom stereocenters. The summed E-state index contributed by atoms with van der Waals surface area (Å²) in [6.07, 6.45) is 0. The number of amides is 2. The zero-order chi connectivity index (χ0) is 8.43. The molecule has 0 aliphatic carbocycles. The van der Waals surface area contributed by atoms with Crippen LogP contribution in [-0.2, 0) is 0 Å². The number of hydrogen-bond donors (Lipinski definition) is 0. The van der Waals surface area contributed by atoms with Gasteiger partial charge in [-0.05, 0) is 0 Å². The van der Waals surface area contributed by atoms with E-state index in [0.717, 1.165) is 17.6 Å². The molecule has 1 heterocycles. The van der Waals surface area contributed by atoms with Crippen LogP contribution in [0.25, 0.3) is 0 Å². The van der Waals surface area contributed by atoms with Gasteiger partial charge in [0, 0.05) is 24.6 Å². The predicted molar refractivity (Wildman–Crippen MR) is 47.7 cm³/mol. The van der Waals surface area contributed by atoms with Crippen molar-refractivity contribution in [2.45, 2.75) is 0 Å². The van der Waals surface area contributed by atoms with Gasteiger partial charge in [0.2, 0.25) is 0 Å². The molecule has 11 heavy (non-hydrogen) atoms. The second-order valence-electron chi connectivity index (χ2n) is 2.64. The van der Waals surface area contributed by atoms with E-state index in [1.807, 2.05) is 0 Å². The minimum Gasteiger partial charge on any atom is -0.326 e. The fourth-order valence-corrected chi connectivity index (χ4v) is 1.36. The van der Waals surface area contributed by atoms with Gasteiger partial charge in [-0.3, -0.25) is 0 Å². The average Bonchev–Trinajstić information content (AvgIpc) is 2.18. The van der Waals surface area contributed by atoms with Crippen LogP contribution in [0, 0.1) is 0 Å². The molecule has 3 nitrogen and oxygen atoms in total. The second-order valence-corrected chi connectivity index (χ2v) is 3.76. The Morgan fingerprint density at radius 1 is 1.73 bits per heavy atom. The largest absolute Gasteiger partial charge is 0.326 e. The molecule has 1 aliphatic rings. The molecule has 0 aromatic rings. The standard InChI is InChI=1S/C7H11BrN2O/c1-6(8)5-10-4-3-9(2)7(10)11/h1,3-5H2,2H3. The van der Waals surface area contributed by atoms with Gasteiger partial charge in [0.15, 0.2) is 0 Å². The predicted octanol–water partition coefficient (Wildman–Crippen LogP) is 1.26. The van der Waals surface area contributed by atoms with Crippen molar-refractivity contribution in [3.8, 4) is 0 Å². The Labute approximate surface area is 74.8 Å². The zero-order valence-electron chi connectivity index (χ0n) is 6.51. The van der Waals surface area contributed by atoms with Crippen LogP contribution >= 0.6 is 15.9 Å². The first kappa shape index (κ1) is 8.59. The van der Waals surface area contributed by atoms with Gasteiger partial charge < -0.3 is 9.80 Å². The van der Waals surface area contributed by atoms with Crippen LogP contribution in [0.1, 0.15) is 0 Å². The van der Waals surface area contributed by atoms with Gasteiger partial charge in [-0.1, -0.05) is 22.5 Å². The third-order valence-electron chi connectivity index (χ3n) is 1.66. The summed E-state index contributed by atoms with van der Waals surface area (Å²) in [6.45, 7) is 5.92. The number of halogens is 1. The second kappa shape index (κ2) is 3.26. The fourth-order valence-electron chi connectivity index (χ4n) is 1.06. The maximum absolute atomic E-state index is 11.2. The molecule has 1 saturated heterocycles. The monoisotopic (exact) mass is 218 g/mol. The van der Waals surface area contributed by atoms with Crippen LogP contribution in [0.15, 0.2) is 11.1 Å². The SMILES string of the molecule is C=C(Br)CN1CCN(C)C1=O. The lowest BCUT2D eigenvalue weighted by Crippen LogP contribution is -2.30. The number of rotatable bonds is 2. The summed E-state index contributed by atoms with van der Waals surface area (Å²) in [5.41, 5.74) is 0. The summed E-state index contributed by atoms with van der Waals surface area (Å²) >= 11 is 3.22. The summed E-state index contributed by atoms with van der Waals surface area (Å²) < 4.78 is 0.848. The molecule has 62 valence electrons. The Kier molecular flexibility index (Phi) is 2.54. The van der Waals surface area contributed by atoms with Crippen molar-refractivity contribution in [1.29, 1.82) is 0 Å². The maximum Gasteiger partial charge on any atom is 0.320 e. The van der Waals surface area contributed by atoms with Gasteiger partial charge in [-0.2, -0.15) is 0 Å². The summed E-state index contributed by atoms with van der Waals surface area (Å²) in [6, 6.07) is 0.0885. The molecule has 4 heteroatoms. The number of hydrogen-bond acceptors (Lipinski definition) is 1. The molecule has 0 aromatic heterocycles. The van der Waals surface area contributed by atoms with Gasteiger partial charge in [-0.25, -0.2) is 4.79 Å². The molecule has 0 saturated carbocycles. The highest BCUT2D eigenvalue weighted by Gasteiger charge is 2.24. The van der Waals surface area contributed by atoms with E-state index in [2.05, 4.69) is 22.5 Å². The number of carbonyl (C=O) groups is 1. The van der Waals surface area contributed by atoms with E-state index in [1.54, 1.807) is 16.8 Å². The maximum atomic E-state index is 11.2. The topological polar surface area (TPSA) is 23.6 Å². The number of nitrogens with zero attached hydrogens (tertiary/aromatic N) is 2. The van der Waals surface area contributed by atoms with Crippen LogP contribution < -0.4 is 0 Å². The van der Waals surface area contributed by atoms with E-state index in [1.165, 1.54) is 0 Å². The Balaban J connectivity index is 2.49. The molecular formula is C7H11BrN2O. The molecule has 1 rings (SSSR count). The normalized spacial score (nSPS) is 17.8. The highest BCUT2D eigenvalue weighted by Crippen LogP contribution is 2.10. The molecule has 0 aromatic carbocycles. The van der Waals surface area contributed by atoms with Crippen LogP contribution in [0.3, 0.4) is 0 Å². The molecule has 0 spiro atoms. The fraction of sp³-hybridized carbons (Fsp3) is 0.571. The smallest absolute Gasteiger partial charge is 0.320 e. The van der Waals surface area contributed by atoms with Crippen LogP contribution in [0.5, 0.6) is 0 Å². The van der Waals surface area contributed by atoms with Crippen molar-refractivity contribution in [1.82, 2.24) is 9.80 Å². The summed E-state index contributed by atoms with van der Waals surface area (Å²) in [7, 11) is 1.80. The Bertz CT molecular complexity index is 193.